The maximum absolute atomic E-state index is 5.35. The molecule has 2 heteroatoms. The molecule has 2 aromatic carbocycles. The molecule has 2 atom stereocenters. The Kier molecular flexibility index (Phi) is 5.33. The zero-order chi connectivity index (χ0) is 14.4. The Labute approximate surface area is 121 Å². The Hall–Kier alpha value is -1.64. The Morgan fingerprint density at radius 3 is 2.20 bits per heavy atom. The van der Waals surface area contributed by atoms with Gasteiger partial charge in [-0.1, -0.05) is 60.2 Å². The van der Waals surface area contributed by atoms with Crippen LogP contribution in [-0.4, -0.2) is 13.7 Å². The van der Waals surface area contributed by atoms with Crippen molar-refractivity contribution in [2.45, 2.75) is 25.9 Å². The second kappa shape index (κ2) is 7.22. The topological polar surface area (TPSA) is 21.3 Å². The lowest BCUT2D eigenvalue weighted by atomic mass is 10.0. The van der Waals surface area contributed by atoms with Crippen LogP contribution in [0, 0.1) is 6.92 Å². The predicted molar refractivity (Wildman–Crippen MR) is 83.8 cm³/mol. The van der Waals surface area contributed by atoms with Crippen molar-refractivity contribution >= 4 is 0 Å². The molecule has 1 N–H and O–H groups in total. The highest BCUT2D eigenvalue weighted by atomic mass is 16.5. The van der Waals surface area contributed by atoms with Gasteiger partial charge in [-0.05, 0) is 25.0 Å². The van der Waals surface area contributed by atoms with E-state index < -0.39 is 0 Å². The highest BCUT2D eigenvalue weighted by molar-refractivity contribution is 5.25. The van der Waals surface area contributed by atoms with E-state index in [2.05, 4.69) is 67.7 Å². The molecule has 1 unspecified atom stereocenters. The van der Waals surface area contributed by atoms with E-state index >= 15 is 0 Å². The summed E-state index contributed by atoms with van der Waals surface area (Å²) in [5.74, 6) is 0. The van der Waals surface area contributed by atoms with Gasteiger partial charge in [-0.2, -0.15) is 0 Å². The van der Waals surface area contributed by atoms with Gasteiger partial charge in [-0.25, -0.2) is 0 Å². The van der Waals surface area contributed by atoms with Gasteiger partial charge in [0, 0.05) is 13.2 Å². The maximum Gasteiger partial charge on any atom is 0.0657 e. The highest BCUT2D eigenvalue weighted by Crippen LogP contribution is 2.20. The van der Waals surface area contributed by atoms with E-state index in [9.17, 15) is 0 Å². The average Bonchev–Trinajstić information content (AvgIpc) is 2.48. The van der Waals surface area contributed by atoms with Crippen molar-refractivity contribution in [1.29, 1.82) is 0 Å². The normalized spacial score (nSPS) is 13.9. The van der Waals surface area contributed by atoms with Gasteiger partial charge >= 0.3 is 0 Å². The summed E-state index contributed by atoms with van der Waals surface area (Å²) in [6, 6.07) is 19.6. The van der Waals surface area contributed by atoms with E-state index in [1.165, 1.54) is 16.7 Å². The minimum Gasteiger partial charge on any atom is -0.383 e. The smallest absolute Gasteiger partial charge is 0.0657 e. The van der Waals surface area contributed by atoms with Gasteiger partial charge in [-0.3, -0.25) is 0 Å². The second-order valence-corrected chi connectivity index (χ2v) is 5.22. The molecule has 0 saturated carbocycles. The molecular weight excluding hydrogens is 246 g/mol. The quantitative estimate of drug-likeness (QED) is 0.854. The van der Waals surface area contributed by atoms with Crippen LogP contribution < -0.4 is 5.32 Å². The molecule has 2 nitrogen and oxygen atoms in total. The van der Waals surface area contributed by atoms with Crippen molar-refractivity contribution in [1.82, 2.24) is 5.32 Å². The first kappa shape index (κ1) is 14.8. The fourth-order valence-corrected chi connectivity index (χ4v) is 2.35. The summed E-state index contributed by atoms with van der Waals surface area (Å²) in [4.78, 5) is 0. The monoisotopic (exact) mass is 269 g/mol. The van der Waals surface area contributed by atoms with Crippen LogP contribution >= 0.6 is 0 Å². The number of aryl methyl sites for hydroxylation is 1. The lowest BCUT2D eigenvalue weighted by molar-refractivity contribution is 0.162. The fourth-order valence-electron chi connectivity index (χ4n) is 2.35. The average molecular weight is 269 g/mol. The Morgan fingerprint density at radius 2 is 1.60 bits per heavy atom. The number of nitrogens with one attached hydrogen (secondary N) is 1. The molecule has 0 radical (unpaired) electrons. The van der Waals surface area contributed by atoms with Crippen molar-refractivity contribution in [3.05, 3.63) is 71.3 Å². The molecule has 2 aromatic rings. The number of hydrogen-bond acceptors (Lipinski definition) is 2. The summed E-state index contributed by atoms with van der Waals surface area (Å²) in [7, 11) is 1.74. The third-order valence-electron chi connectivity index (χ3n) is 3.56. The van der Waals surface area contributed by atoms with Crippen LogP contribution in [0.15, 0.2) is 54.6 Å². The molecule has 0 fully saturated rings. The van der Waals surface area contributed by atoms with Crippen molar-refractivity contribution in [2.24, 2.45) is 0 Å². The second-order valence-electron chi connectivity index (χ2n) is 5.22. The summed E-state index contributed by atoms with van der Waals surface area (Å²) in [5, 5.41) is 3.64. The molecule has 0 amide bonds. The minimum absolute atomic E-state index is 0.206. The molecule has 0 heterocycles. The van der Waals surface area contributed by atoms with Crippen LogP contribution in [0.5, 0.6) is 0 Å². The van der Waals surface area contributed by atoms with Gasteiger partial charge in [0.2, 0.25) is 0 Å². The van der Waals surface area contributed by atoms with Gasteiger partial charge in [-0.15, -0.1) is 0 Å². The standard InChI is InChI=1S/C18H23NO/c1-14-9-11-16(12-10-14)15(2)19-18(13-20-3)17-7-5-4-6-8-17/h4-12,15,18-19H,13H2,1-3H3/t15-,18?/m0/s1. The molecule has 20 heavy (non-hydrogen) atoms. The highest BCUT2D eigenvalue weighted by Gasteiger charge is 2.14. The third kappa shape index (κ3) is 3.92. The third-order valence-corrected chi connectivity index (χ3v) is 3.56. The van der Waals surface area contributed by atoms with Crippen LogP contribution in [0.2, 0.25) is 0 Å². The van der Waals surface area contributed by atoms with E-state index in [0.29, 0.717) is 6.61 Å². The Morgan fingerprint density at radius 1 is 0.950 bits per heavy atom. The van der Waals surface area contributed by atoms with E-state index in [1.807, 2.05) is 6.07 Å². The molecule has 0 bridgehead atoms. The van der Waals surface area contributed by atoms with Crippen LogP contribution in [-0.2, 0) is 4.74 Å². The first-order chi connectivity index (χ1) is 9.70. The number of benzene rings is 2. The summed E-state index contributed by atoms with van der Waals surface area (Å²) >= 11 is 0. The maximum atomic E-state index is 5.35. The lowest BCUT2D eigenvalue weighted by Crippen LogP contribution is -2.28. The molecule has 0 aliphatic rings. The number of hydrogen-bond donors (Lipinski definition) is 1. The zero-order valence-electron chi connectivity index (χ0n) is 12.5. The summed E-state index contributed by atoms with van der Waals surface area (Å²) in [6.07, 6.45) is 0. The summed E-state index contributed by atoms with van der Waals surface area (Å²) in [5.41, 5.74) is 3.85. The minimum atomic E-state index is 0.206. The van der Waals surface area contributed by atoms with Gasteiger partial charge in [0.15, 0.2) is 0 Å². The van der Waals surface area contributed by atoms with Gasteiger partial charge < -0.3 is 10.1 Å². The van der Waals surface area contributed by atoms with Gasteiger partial charge in [0.05, 0.1) is 12.6 Å². The number of ether oxygens (including phenoxy) is 1. The van der Waals surface area contributed by atoms with E-state index in [0.717, 1.165) is 0 Å². The molecule has 0 aliphatic carbocycles. The molecule has 106 valence electrons. The van der Waals surface area contributed by atoms with E-state index in [1.54, 1.807) is 7.11 Å². The molecule has 0 spiro atoms. The SMILES string of the molecule is COCC(N[C@@H](C)c1ccc(C)cc1)c1ccccc1. The zero-order valence-corrected chi connectivity index (χ0v) is 12.5. The van der Waals surface area contributed by atoms with Gasteiger partial charge in [0.1, 0.15) is 0 Å². The van der Waals surface area contributed by atoms with Crippen LogP contribution in [0.4, 0.5) is 0 Å². The van der Waals surface area contributed by atoms with E-state index in [4.69, 9.17) is 4.74 Å². The molecule has 0 saturated heterocycles. The van der Waals surface area contributed by atoms with Crippen LogP contribution in [0.25, 0.3) is 0 Å². The van der Waals surface area contributed by atoms with E-state index in [-0.39, 0.29) is 12.1 Å². The predicted octanol–water partition coefficient (Wildman–Crippen LogP) is 4.03. The largest absolute Gasteiger partial charge is 0.383 e. The van der Waals surface area contributed by atoms with Gasteiger partial charge in [0.25, 0.3) is 0 Å². The fraction of sp³-hybridized carbons (Fsp3) is 0.333. The van der Waals surface area contributed by atoms with Crippen LogP contribution in [0.3, 0.4) is 0 Å². The number of methoxy groups -OCH3 is 1. The van der Waals surface area contributed by atoms with Crippen molar-refractivity contribution < 1.29 is 4.74 Å². The Balaban J connectivity index is 2.10. The van der Waals surface area contributed by atoms with Crippen molar-refractivity contribution in [2.75, 3.05) is 13.7 Å². The summed E-state index contributed by atoms with van der Waals surface area (Å²) in [6.45, 7) is 4.97. The molecule has 0 aliphatic heterocycles. The molecule has 0 aromatic heterocycles. The summed E-state index contributed by atoms with van der Waals surface area (Å²) < 4.78 is 5.35. The molecular formula is C18H23NO. The Bertz CT molecular complexity index is 507. The van der Waals surface area contributed by atoms with Crippen molar-refractivity contribution in [3.8, 4) is 0 Å². The van der Waals surface area contributed by atoms with Crippen LogP contribution in [0.1, 0.15) is 35.7 Å². The molecule has 2 rings (SSSR count). The van der Waals surface area contributed by atoms with Crippen molar-refractivity contribution in [3.63, 3.8) is 0 Å². The first-order valence-electron chi connectivity index (χ1n) is 7.07. The number of rotatable bonds is 6. The lowest BCUT2D eigenvalue weighted by Gasteiger charge is -2.23. The first-order valence-corrected chi connectivity index (χ1v) is 7.07.